The maximum absolute atomic E-state index is 13.5. The van der Waals surface area contributed by atoms with E-state index in [2.05, 4.69) is 11.4 Å². The third-order valence-electron chi connectivity index (χ3n) is 6.26. The first-order valence-electron chi connectivity index (χ1n) is 11.4. The number of thioether (sulfide) groups is 1. The number of hydrogen-bond acceptors (Lipinski definition) is 3. The summed E-state index contributed by atoms with van der Waals surface area (Å²) in [4.78, 5) is 29.1. The number of benzene rings is 2. The van der Waals surface area contributed by atoms with Crippen molar-refractivity contribution in [1.82, 2.24) is 5.32 Å². The van der Waals surface area contributed by atoms with Crippen molar-refractivity contribution in [2.45, 2.75) is 55.7 Å². The largest absolute Gasteiger partial charge is 0.356 e. The predicted molar refractivity (Wildman–Crippen MR) is 132 cm³/mol. The lowest BCUT2D eigenvalue weighted by Crippen LogP contribution is -2.47. The lowest BCUT2D eigenvalue weighted by Gasteiger charge is -2.36. The highest BCUT2D eigenvalue weighted by Crippen LogP contribution is 2.42. The Hall–Kier alpha value is -2.31. The first-order valence-corrected chi connectivity index (χ1v) is 12.7. The number of anilines is 1. The predicted octanol–water partition coefficient (Wildman–Crippen LogP) is 6.13. The van der Waals surface area contributed by atoms with Gasteiger partial charge in [-0.1, -0.05) is 48.4 Å². The van der Waals surface area contributed by atoms with E-state index in [-0.39, 0.29) is 23.4 Å². The van der Waals surface area contributed by atoms with E-state index >= 15 is 0 Å². The van der Waals surface area contributed by atoms with Crippen LogP contribution in [0.2, 0.25) is 5.02 Å². The van der Waals surface area contributed by atoms with E-state index < -0.39 is 17.0 Å². The Bertz CT molecular complexity index is 1070. The molecule has 2 aliphatic rings. The van der Waals surface area contributed by atoms with Crippen LogP contribution < -0.4 is 10.2 Å². The number of allylic oxidation sites excluding steroid dienone is 1. The van der Waals surface area contributed by atoms with Crippen LogP contribution in [0.25, 0.3) is 0 Å². The van der Waals surface area contributed by atoms with E-state index in [0.29, 0.717) is 12.1 Å². The molecule has 0 bridgehead atoms. The van der Waals surface area contributed by atoms with E-state index in [4.69, 9.17) is 11.6 Å². The van der Waals surface area contributed by atoms with Gasteiger partial charge in [0, 0.05) is 16.5 Å². The van der Waals surface area contributed by atoms with Crippen LogP contribution in [0.3, 0.4) is 0 Å². The zero-order valence-corrected chi connectivity index (χ0v) is 20.2. The molecule has 2 aromatic rings. The van der Waals surface area contributed by atoms with E-state index in [1.807, 2.05) is 31.2 Å². The Morgan fingerprint density at radius 1 is 1.27 bits per heavy atom. The molecule has 4 nitrogen and oxygen atoms in total. The lowest BCUT2D eigenvalue weighted by molar-refractivity contribution is -0.128. The van der Waals surface area contributed by atoms with E-state index in [1.54, 1.807) is 11.0 Å². The molecule has 7 heteroatoms. The molecule has 174 valence electrons. The number of para-hydroxylation sites is 1. The number of nitrogens with zero attached hydrogens (tertiary/aromatic N) is 1. The van der Waals surface area contributed by atoms with Crippen LogP contribution in [0.5, 0.6) is 0 Å². The Labute approximate surface area is 203 Å². The van der Waals surface area contributed by atoms with Gasteiger partial charge < -0.3 is 10.2 Å². The summed E-state index contributed by atoms with van der Waals surface area (Å²) in [5, 5.41) is 2.75. The van der Waals surface area contributed by atoms with Gasteiger partial charge in [0.15, 0.2) is 0 Å². The maximum Gasteiger partial charge on any atom is 0.241 e. The van der Waals surface area contributed by atoms with Crippen LogP contribution in [0.4, 0.5) is 10.1 Å². The number of fused-ring (bicyclic) bond motifs is 1. The Balaban J connectivity index is 1.48. The van der Waals surface area contributed by atoms with Crippen LogP contribution in [0.15, 0.2) is 59.0 Å². The topological polar surface area (TPSA) is 49.4 Å². The van der Waals surface area contributed by atoms with Gasteiger partial charge in [-0.2, -0.15) is 0 Å². The van der Waals surface area contributed by atoms with Crippen LogP contribution in [-0.4, -0.2) is 23.6 Å². The molecule has 2 aromatic carbocycles. The Morgan fingerprint density at radius 2 is 2.09 bits per heavy atom. The zero-order chi connectivity index (χ0) is 23.4. The number of carbonyl (C=O) groups is 2. The molecule has 0 spiro atoms. The van der Waals surface area contributed by atoms with Crippen molar-refractivity contribution in [3.05, 3.63) is 70.5 Å². The van der Waals surface area contributed by atoms with Crippen molar-refractivity contribution < 1.29 is 14.0 Å². The highest BCUT2D eigenvalue weighted by molar-refractivity contribution is 8.01. The van der Waals surface area contributed by atoms with Gasteiger partial charge in [-0.25, -0.2) is 4.39 Å². The summed E-state index contributed by atoms with van der Waals surface area (Å²) in [6.45, 7) is 2.61. The van der Waals surface area contributed by atoms with E-state index in [9.17, 15) is 14.0 Å². The van der Waals surface area contributed by atoms with Crippen molar-refractivity contribution in [3.8, 4) is 0 Å². The maximum atomic E-state index is 13.5. The second-order valence-corrected chi connectivity index (χ2v) is 10.2. The molecule has 1 aliphatic heterocycles. The average molecular weight is 487 g/mol. The van der Waals surface area contributed by atoms with Gasteiger partial charge >= 0.3 is 0 Å². The fourth-order valence-corrected chi connectivity index (χ4v) is 5.83. The summed E-state index contributed by atoms with van der Waals surface area (Å²) in [7, 11) is 0. The molecule has 2 amide bonds. The fraction of sp³-hybridized carbons (Fsp3) is 0.385. The van der Waals surface area contributed by atoms with Crippen LogP contribution >= 0.6 is 23.4 Å². The molecular weight excluding hydrogens is 459 g/mol. The van der Waals surface area contributed by atoms with Crippen LogP contribution in [-0.2, 0) is 16.1 Å². The third kappa shape index (κ3) is 5.61. The van der Waals surface area contributed by atoms with Crippen LogP contribution in [0, 0.1) is 11.7 Å². The van der Waals surface area contributed by atoms with Gasteiger partial charge in [-0.3, -0.25) is 9.59 Å². The summed E-state index contributed by atoms with van der Waals surface area (Å²) < 4.78 is 13.5. The van der Waals surface area contributed by atoms with Crippen molar-refractivity contribution in [2.75, 3.05) is 11.4 Å². The minimum Gasteiger partial charge on any atom is -0.356 e. The smallest absolute Gasteiger partial charge is 0.241 e. The van der Waals surface area contributed by atoms with Crippen LogP contribution in [0.1, 0.15) is 44.6 Å². The second-order valence-electron chi connectivity index (χ2n) is 8.60. The molecule has 0 saturated carbocycles. The summed E-state index contributed by atoms with van der Waals surface area (Å²) in [5.74, 6) is -1.17. The summed E-state index contributed by atoms with van der Waals surface area (Å²) in [5.41, 5.74) is 2.85. The monoisotopic (exact) mass is 486 g/mol. The molecule has 1 heterocycles. The Morgan fingerprint density at radius 3 is 2.85 bits per heavy atom. The minimum atomic E-state index is -0.548. The van der Waals surface area contributed by atoms with E-state index in [0.717, 1.165) is 29.8 Å². The number of halogens is 2. The summed E-state index contributed by atoms with van der Waals surface area (Å²) >= 11 is 7.67. The fourth-order valence-electron chi connectivity index (χ4n) is 4.32. The molecule has 4 rings (SSSR count). The highest BCUT2D eigenvalue weighted by Gasteiger charge is 2.39. The number of hydrogen-bond donors (Lipinski definition) is 1. The number of nitrogens with one attached hydrogen (secondary N) is 1. The van der Waals surface area contributed by atoms with Crippen molar-refractivity contribution in [1.29, 1.82) is 0 Å². The van der Waals surface area contributed by atoms with Gasteiger partial charge in [0.1, 0.15) is 11.1 Å². The van der Waals surface area contributed by atoms with Gasteiger partial charge in [0.25, 0.3) is 0 Å². The molecule has 1 N–H and O–H groups in total. The number of carbonyl (C=O) groups excluding carboxylic acids is 2. The molecular formula is C26H28ClFN2O2S. The molecule has 1 aliphatic carbocycles. The SMILES string of the molecule is C[C@H](C(=O)NCCC1=CCCCC1)[C@H]1Sc2ccccc2N(Cc2ccc(F)cc2Cl)C1=O. The average Bonchev–Trinajstić information content (AvgIpc) is 2.82. The first-order chi connectivity index (χ1) is 15.9. The molecule has 0 saturated heterocycles. The first kappa shape index (κ1) is 23.8. The standard InChI is InChI=1S/C26H28ClFN2O2S/c1-17(25(31)29-14-13-18-7-3-2-4-8-18)24-26(32)30(22-9-5-6-10-23(22)33-24)16-19-11-12-20(28)15-21(19)27/h5-7,9-12,15,17,24H,2-4,8,13-14,16H2,1H3,(H,29,31)/t17-,24+/m0/s1. The molecule has 0 aromatic heterocycles. The molecule has 2 atom stereocenters. The van der Waals surface area contributed by atoms with Gasteiger partial charge in [-0.15, -0.1) is 11.8 Å². The van der Waals surface area contributed by atoms with Crippen molar-refractivity contribution in [2.24, 2.45) is 5.92 Å². The minimum absolute atomic E-state index is 0.114. The molecule has 0 fully saturated rings. The Kier molecular flexibility index (Phi) is 7.76. The quantitative estimate of drug-likeness (QED) is 0.479. The molecule has 0 unspecified atom stereocenters. The highest BCUT2D eigenvalue weighted by atomic mass is 35.5. The second kappa shape index (κ2) is 10.7. The van der Waals surface area contributed by atoms with Crippen molar-refractivity contribution in [3.63, 3.8) is 0 Å². The lowest BCUT2D eigenvalue weighted by atomic mass is 9.97. The molecule has 0 radical (unpaired) electrons. The number of rotatable bonds is 7. The third-order valence-corrected chi connectivity index (χ3v) is 8.08. The summed E-state index contributed by atoms with van der Waals surface area (Å²) in [6.07, 6.45) is 7.85. The zero-order valence-electron chi connectivity index (χ0n) is 18.7. The number of amides is 2. The van der Waals surface area contributed by atoms with Gasteiger partial charge in [0.05, 0.1) is 18.2 Å². The van der Waals surface area contributed by atoms with E-state index in [1.165, 1.54) is 42.3 Å². The van der Waals surface area contributed by atoms with Crippen molar-refractivity contribution >= 4 is 40.9 Å². The normalized spacial score (nSPS) is 19.0. The summed E-state index contributed by atoms with van der Waals surface area (Å²) in [6, 6.07) is 11.8. The van der Waals surface area contributed by atoms with Gasteiger partial charge in [0.2, 0.25) is 11.8 Å². The van der Waals surface area contributed by atoms with Gasteiger partial charge in [-0.05, 0) is 61.9 Å². The molecule has 33 heavy (non-hydrogen) atoms.